The minimum Gasteiger partial charge on any atom is -0.369 e. The predicted molar refractivity (Wildman–Crippen MR) is 133 cm³/mol. The zero-order chi connectivity index (χ0) is 25.7. The summed E-state index contributed by atoms with van der Waals surface area (Å²) in [6.07, 6.45) is -3.10. The van der Waals surface area contributed by atoms with E-state index in [1.54, 1.807) is 29.8 Å². The van der Waals surface area contributed by atoms with Crippen molar-refractivity contribution in [1.82, 2.24) is 15.0 Å². The zero-order valence-electron chi connectivity index (χ0n) is 19.8. The van der Waals surface area contributed by atoms with Crippen LogP contribution in [0.5, 0.6) is 0 Å². The Bertz CT molecular complexity index is 1420. The van der Waals surface area contributed by atoms with Crippen LogP contribution in [0.1, 0.15) is 36.7 Å². The Balaban J connectivity index is 1.58. The molecule has 0 spiro atoms. The smallest absolute Gasteiger partial charge is 0.369 e. The molecule has 0 saturated carbocycles. The van der Waals surface area contributed by atoms with Crippen molar-refractivity contribution in [3.63, 3.8) is 0 Å². The minimum absolute atomic E-state index is 0.0363. The van der Waals surface area contributed by atoms with Crippen LogP contribution in [0, 0.1) is 0 Å². The first kappa shape index (κ1) is 24.3. The van der Waals surface area contributed by atoms with Crippen LogP contribution < -0.4 is 10.2 Å². The molecule has 11 heteroatoms. The van der Waals surface area contributed by atoms with E-state index in [0.29, 0.717) is 29.4 Å². The highest BCUT2D eigenvalue weighted by Gasteiger charge is 2.36. The van der Waals surface area contributed by atoms with E-state index in [9.17, 15) is 18.0 Å². The van der Waals surface area contributed by atoms with E-state index in [1.807, 2.05) is 25.7 Å². The van der Waals surface area contributed by atoms with Gasteiger partial charge in [0.1, 0.15) is 11.3 Å². The van der Waals surface area contributed by atoms with E-state index in [0.717, 1.165) is 6.07 Å². The van der Waals surface area contributed by atoms with Gasteiger partial charge in [-0.3, -0.25) is 10.1 Å². The van der Waals surface area contributed by atoms with Crippen molar-refractivity contribution in [2.75, 3.05) is 23.3 Å². The van der Waals surface area contributed by atoms with Gasteiger partial charge in [0.2, 0.25) is 0 Å². The number of carbonyl (C=O) groups is 1. The molecule has 2 aromatic heterocycles. The number of carbonyl (C=O) groups excluding carboxylic acids is 1. The third-order valence-corrected chi connectivity index (χ3v) is 6.60. The number of nitrogens with one attached hydrogen (secondary N) is 2. The molecular weight excluding hydrogens is 491 g/mol. The monoisotopic (exact) mass is 515 g/mol. The number of anilines is 2. The number of imidazole rings is 1. The highest BCUT2D eigenvalue weighted by atomic mass is 32.1. The number of hydrogen-bond acceptors (Lipinski definition) is 6. The number of rotatable bonds is 4. The number of amides is 1. The lowest BCUT2D eigenvalue weighted by Gasteiger charge is -2.43. The van der Waals surface area contributed by atoms with Gasteiger partial charge in [0.25, 0.3) is 5.91 Å². The number of ether oxygens (including phenoxy) is 1. The third-order valence-electron chi connectivity index (χ3n) is 5.91. The number of aromatic nitrogens is 3. The van der Waals surface area contributed by atoms with Gasteiger partial charge in [-0.15, -0.1) is 11.3 Å². The standard InChI is InChI=1S/C25H24F3N5O2S/c1-14-12-33(13-24(2,3)35-14)15-7-8-18(25(26,27)28)17(11-15)21-30-19-6-4-5-16(20(19)31-21)22(34)32-23-29-9-10-36-23/h4-11,14H,12-13H2,1-3H3,(H,30,31)(H,29,32,34). The first-order valence-corrected chi connectivity index (χ1v) is 12.2. The van der Waals surface area contributed by atoms with Gasteiger partial charge < -0.3 is 14.6 Å². The minimum atomic E-state index is -4.59. The lowest BCUT2D eigenvalue weighted by atomic mass is 10.0. The van der Waals surface area contributed by atoms with Crippen LogP contribution in [0.4, 0.5) is 24.0 Å². The van der Waals surface area contributed by atoms with Crippen molar-refractivity contribution in [1.29, 1.82) is 0 Å². The van der Waals surface area contributed by atoms with Gasteiger partial charge in [-0.25, -0.2) is 9.97 Å². The maximum atomic E-state index is 14.0. The molecule has 36 heavy (non-hydrogen) atoms. The molecule has 2 N–H and O–H groups in total. The molecule has 7 nitrogen and oxygen atoms in total. The quantitative estimate of drug-likeness (QED) is 0.350. The molecule has 3 heterocycles. The number of para-hydroxylation sites is 1. The fourth-order valence-electron chi connectivity index (χ4n) is 4.62. The SMILES string of the molecule is CC1CN(c2ccc(C(F)(F)F)c(-c3nc4c(C(=O)Nc5nccs5)cccc4[nH]3)c2)CC(C)(C)O1. The Hall–Kier alpha value is -3.44. The second-order valence-corrected chi connectivity index (χ2v) is 10.3. The Morgan fingerprint density at radius 3 is 2.78 bits per heavy atom. The first-order valence-electron chi connectivity index (χ1n) is 11.3. The van der Waals surface area contributed by atoms with Crippen LogP contribution in [-0.4, -0.2) is 45.7 Å². The van der Waals surface area contributed by atoms with Crippen LogP contribution in [0.2, 0.25) is 0 Å². The molecule has 0 bridgehead atoms. The summed E-state index contributed by atoms with van der Waals surface area (Å²) in [7, 11) is 0. The lowest BCUT2D eigenvalue weighted by Crippen LogP contribution is -2.52. The number of benzene rings is 2. The number of aromatic amines is 1. The molecule has 0 aliphatic carbocycles. The fourth-order valence-corrected chi connectivity index (χ4v) is 5.14. The van der Waals surface area contributed by atoms with Crippen molar-refractivity contribution >= 4 is 39.1 Å². The van der Waals surface area contributed by atoms with Gasteiger partial charge in [-0.1, -0.05) is 6.07 Å². The lowest BCUT2D eigenvalue weighted by molar-refractivity contribution is -0.137. The van der Waals surface area contributed by atoms with Gasteiger partial charge >= 0.3 is 6.18 Å². The summed E-state index contributed by atoms with van der Waals surface area (Å²) in [4.78, 5) is 26.4. The summed E-state index contributed by atoms with van der Waals surface area (Å²) in [5.41, 5.74) is 0.276. The molecule has 1 aliphatic rings. The van der Waals surface area contributed by atoms with E-state index < -0.39 is 23.2 Å². The topological polar surface area (TPSA) is 83.1 Å². The molecule has 1 amide bonds. The number of halogens is 3. The molecular formula is C25H24F3N5O2S. The van der Waals surface area contributed by atoms with Crippen molar-refractivity contribution in [2.24, 2.45) is 0 Å². The average Bonchev–Trinajstić information content (AvgIpc) is 3.46. The molecule has 1 aliphatic heterocycles. The van der Waals surface area contributed by atoms with Crippen LogP contribution in [-0.2, 0) is 10.9 Å². The molecule has 1 atom stereocenters. The van der Waals surface area contributed by atoms with Crippen molar-refractivity contribution in [3.8, 4) is 11.4 Å². The van der Waals surface area contributed by atoms with Crippen LogP contribution >= 0.6 is 11.3 Å². The first-order chi connectivity index (χ1) is 17.0. The predicted octanol–water partition coefficient (Wildman–Crippen LogP) is 5.96. The summed E-state index contributed by atoms with van der Waals surface area (Å²) >= 11 is 1.26. The Labute approximate surface area is 209 Å². The number of H-pyrrole nitrogens is 1. The van der Waals surface area contributed by atoms with Gasteiger partial charge in [-0.2, -0.15) is 13.2 Å². The number of fused-ring (bicyclic) bond motifs is 1. The van der Waals surface area contributed by atoms with E-state index in [-0.39, 0.29) is 28.6 Å². The molecule has 1 unspecified atom stereocenters. The summed E-state index contributed by atoms with van der Waals surface area (Å²) in [6, 6.07) is 8.98. The maximum absolute atomic E-state index is 14.0. The third kappa shape index (κ3) is 4.80. The van der Waals surface area contributed by atoms with Gasteiger partial charge in [-0.05, 0) is 51.1 Å². The fraction of sp³-hybridized carbons (Fsp3) is 0.320. The molecule has 1 fully saturated rings. The molecule has 5 rings (SSSR count). The number of hydrogen-bond donors (Lipinski definition) is 2. The number of morpholine rings is 1. The highest BCUT2D eigenvalue weighted by Crippen LogP contribution is 2.40. The van der Waals surface area contributed by atoms with E-state index in [2.05, 4.69) is 20.3 Å². The summed E-state index contributed by atoms with van der Waals surface area (Å²) in [5, 5.41) is 4.84. The maximum Gasteiger partial charge on any atom is 0.417 e. The second kappa shape index (κ2) is 8.90. The second-order valence-electron chi connectivity index (χ2n) is 9.37. The summed E-state index contributed by atoms with van der Waals surface area (Å²) in [5.74, 6) is -0.405. The van der Waals surface area contributed by atoms with Crippen molar-refractivity contribution in [3.05, 3.63) is 59.1 Å². The Morgan fingerprint density at radius 2 is 2.08 bits per heavy atom. The average molecular weight is 516 g/mol. The van der Waals surface area contributed by atoms with Gasteiger partial charge in [0.15, 0.2) is 5.13 Å². The number of nitrogens with zero attached hydrogens (tertiary/aromatic N) is 3. The molecule has 0 radical (unpaired) electrons. The van der Waals surface area contributed by atoms with Gasteiger partial charge in [0, 0.05) is 35.9 Å². The van der Waals surface area contributed by atoms with Gasteiger partial charge in [0.05, 0.1) is 28.3 Å². The highest BCUT2D eigenvalue weighted by molar-refractivity contribution is 7.13. The van der Waals surface area contributed by atoms with E-state index >= 15 is 0 Å². The Kier molecular flexibility index (Phi) is 6.00. The van der Waals surface area contributed by atoms with E-state index in [1.165, 1.54) is 23.5 Å². The zero-order valence-corrected chi connectivity index (χ0v) is 20.6. The van der Waals surface area contributed by atoms with Crippen LogP contribution in [0.3, 0.4) is 0 Å². The largest absolute Gasteiger partial charge is 0.417 e. The normalized spacial score (nSPS) is 17.9. The molecule has 1 saturated heterocycles. The molecule has 2 aromatic carbocycles. The van der Waals surface area contributed by atoms with E-state index in [4.69, 9.17) is 4.74 Å². The number of thiazole rings is 1. The Morgan fingerprint density at radius 1 is 1.28 bits per heavy atom. The van der Waals surface area contributed by atoms with Crippen molar-refractivity contribution in [2.45, 2.75) is 38.7 Å². The van der Waals surface area contributed by atoms with Crippen molar-refractivity contribution < 1.29 is 22.7 Å². The van der Waals surface area contributed by atoms with Crippen LogP contribution in [0.15, 0.2) is 48.0 Å². The molecule has 188 valence electrons. The summed E-state index contributed by atoms with van der Waals surface area (Å²) < 4.78 is 48.0. The van der Waals surface area contributed by atoms with Crippen LogP contribution in [0.25, 0.3) is 22.4 Å². The summed E-state index contributed by atoms with van der Waals surface area (Å²) in [6.45, 7) is 6.94. The number of alkyl halides is 3. The molecule has 4 aromatic rings.